The van der Waals surface area contributed by atoms with Crippen molar-refractivity contribution >= 4 is 11.8 Å². The van der Waals surface area contributed by atoms with Crippen molar-refractivity contribution in [2.45, 2.75) is 88.7 Å². The van der Waals surface area contributed by atoms with Gasteiger partial charge in [-0.05, 0) is 74.2 Å². The third-order valence-corrected chi connectivity index (χ3v) is 7.92. The lowest BCUT2D eigenvalue weighted by atomic mass is 9.95. The van der Waals surface area contributed by atoms with Gasteiger partial charge < -0.3 is 19.9 Å². The number of carbonyl (C=O) groups is 1. The van der Waals surface area contributed by atoms with Crippen LogP contribution in [-0.2, 0) is 33.7 Å². The third-order valence-electron chi connectivity index (χ3n) is 7.92. The molecule has 3 atom stereocenters. The first kappa shape index (κ1) is 27.0. The Kier molecular flexibility index (Phi) is 8.55. The number of nitrogens with zero attached hydrogens (tertiary/aromatic N) is 2. The van der Waals surface area contributed by atoms with E-state index >= 15 is 8.78 Å². The summed E-state index contributed by atoms with van der Waals surface area (Å²) in [5.74, 6) is -3.18. The molecule has 0 radical (unpaired) electrons. The summed E-state index contributed by atoms with van der Waals surface area (Å²) in [6.07, 6.45) is 4.79. The molecule has 0 bridgehead atoms. The highest BCUT2D eigenvalue weighted by molar-refractivity contribution is 5.76. The average Bonchev–Trinajstić information content (AvgIpc) is 3.37. The highest BCUT2D eigenvalue weighted by Gasteiger charge is 2.49. The van der Waals surface area contributed by atoms with Crippen molar-refractivity contribution < 1.29 is 28.2 Å². The van der Waals surface area contributed by atoms with Gasteiger partial charge in [0, 0.05) is 25.1 Å². The lowest BCUT2D eigenvalue weighted by molar-refractivity contribution is -0.220. The number of aryl methyl sites for hydroxylation is 2. The summed E-state index contributed by atoms with van der Waals surface area (Å²) < 4.78 is 42.2. The normalized spacial score (nSPS) is 22.4. The first-order valence-electron chi connectivity index (χ1n) is 13.8. The molecular formula is C29H37F2N3O4. The number of hydrogen-bond donors (Lipinski definition) is 2. The zero-order valence-electron chi connectivity index (χ0n) is 21.7. The number of carboxylic acid groups (broad SMARTS) is 1. The molecule has 38 heavy (non-hydrogen) atoms. The maximum absolute atomic E-state index is 15.6. The van der Waals surface area contributed by atoms with Crippen LogP contribution in [0.3, 0.4) is 0 Å². The van der Waals surface area contributed by atoms with Gasteiger partial charge in [-0.2, -0.15) is 0 Å². The molecule has 0 aliphatic carbocycles. The second kappa shape index (κ2) is 12.1. The maximum atomic E-state index is 15.6. The van der Waals surface area contributed by atoms with Crippen molar-refractivity contribution in [1.29, 1.82) is 0 Å². The van der Waals surface area contributed by atoms with E-state index in [9.17, 15) is 9.90 Å². The van der Waals surface area contributed by atoms with Gasteiger partial charge in [0.05, 0.1) is 19.3 Å². The van der Waals surface area contributed by atoms with E-state index in [4.69, 9.17) is 9.47 Å². The summed E-state index contributed by atoms with van der Waals surface area (Å²) >= 11 is 0. The van der Waals surface area contributed by atoms with Crippen molar-refractivity contribution in [3.63, 3.8) is 0 Å². The van der Waals surface area contributed by atoms with Crippen molar-refractivity contribution in [2.75, 3.05) is 25.0 Å². The van der Waals surface area contributed by atoms with Crippen LogP contribution >= 0.6 is 0 Å². The molecule has 3 aliphatic rings. The molecule has 7 nitrogen and oxygen atoms in total. The van der Waals surface area contributed by atoms with Crippen LogP contribution in [0.5, 0.6) is 0 Å². The summed E-state index contributed by atoms with van der Waals surface area (Å²) in [7, 11) is 0. The van der Waals surface area contributed by atoms with Crippen molar-refractivity contribution in [1.82, 2.24) is 9.88 Å². The van der Waals surface area contributed by atoms with Gasteiger partial charge in [-0.25, -0.2) is 13.8 Å². The third kappa shape index (κ3) is 6.16. The SMILES string of the molecule is O=C(O)C(c1ccccc1COC1CCO1)N1CCC[C@@H]1C(F)(F)CCCCc1ccc2c(n1)NCCC2. The fraction of sp³-hybridized carbons (Fsp3) is 0.586. The molecule has 2 saturated heterocycles. The number of pyridine rings is 1. The fourth-order valence-corrected chi connectivity index (χ4v) is 5.81. The number of rotatable bonds is 12. The summed E-state index contributed by atoms with van der Waals surface area (Å²) in [6.45, 7) is 2.07. The van der Waals surface area contributed by atoms with Gasteiger partial charge in [-0.3, -0.25) is 9.69 Å². The molecule has 1 aromatic carbocycles. The Balaban J connectivity index is 1.22. The minimum absolute atomic E-state index is 0.186. The topological polar surface area (TPSA) is 83.9 Å². The molecular weight excluding hydrogens is 492 g/mol. The first-order valence-corrected chi connectivity index (χ1v) is 13.8. The molecule has 4 heterocycles. The van der Waals surface area contributed by atoms with Crippen LogP contribution in [0.4, 0.5) is 14.6 Å². The molecule has 0 amide bonds. The van der Waals surface area contributed by atoms with Gasteiger partial charge in [0.2, 0.25) is 0 Å². The minimum atomic E-state index is -2.99. The predicted molar refractivity (Wildman–Crippen MR) is 139 cm³/mol. The minimum Gasteiger partial charge on any atom is -0.480 e. The summed E-state index contributed by atoms with van der Waals surface area (Å²) in [6, 6.07) is 8.90. The summed E-state index contributed by atoms with van der Waals surface area (Å²) in [5.41, 5.74) is 3.33. The Morgan fingerprint density at radius 2 is 2.05 bits per heavy atom. The van der Waals surface area contributed by atoms with Crippen molar-refractivity contribution in [3.8, 4) is 0 Å². The standard InChI is InChI=1S/C29H37F2N3O4/c30-29(31,15-4-3-9-22-13-12-20-8-5-16-32-27(20)33-22)24-11-6-17-34(24)26(28(35)36)23-10-2-1-7-21(23)19-38-25-14-18-37-25/h1-2,7,10,12-13,24-26H,3-6,8-9,11,14-19H2,(H,32,33)(H,35,36)/t24-,25?,26?/m1/s1. The highest BCUT2D eigenvalue weighted by atomic mass is 19.3. The molecule has 5 rings (SSSR count). The van der Waals surface area contributed by atoms with E-state index in [0.717, 1.165) is 37.3 Å². The number of anilines is 1. The Hall–Kier alpha value is -2.62. The predicted octanol–water partition coefficient (Wildman–Crippen LogP) is 5.34. The number of unbranched alkanes of at least 4 members (excludes halogenated alkanes) is 1. The number of aliphatic carboxylic acids is 1. The van der Waals surface area contributed by atoms with Crippen LogP contribution in [0.25, 0.3) is 0 Å². The number of fused-ring (bicyclic) bond motifs is 1. The van der Waals surface area contributed by atoms with Gasteiger partial charge in [-0.15, -0.1) is 0 Å². The Labute approximate surface area is 222 Å². The molecule has 0 saturated carbocycles. The van der Waals surface area contributed by atoms with Crippen LogP contribution in [-0.4, -0.2) is 58.9 Å². The summed E-state index contributed by atoms with van der Waals surface area (Å²) in [4.78, 5) is 18.6. The lowest BCUT2D eigenvalue weighted by Crippen LogP contribution is -2.47. The number of benzene rings is 1. The Morgan fingerprint density at radius 3 is 2.84 bits per heavy atom. The van der Waals surface area contributed by atoms with Gasteiger partial charge in [-0.1, -0.05) is 30.3 Å². The van der Waals surface area contributed by atoms with Crippen molar-refractivity contribution in [3.05, 3.63) is 58.8 Å². The number of ether oxygens (including phenoxy) is 2. The van der Waals surface area contributed by atoms with E-state index in [1.807, 2.05) is 12.1 Å². The average molecular weight is 530 g/mol. The van der Waals surface area contributed by atoms with Gasteiger partial charge in [0.1, 0.15) is 11.9 Å². The van der Waals surface area contributed by atoms with Crippen LogP contribution in [0, 0.1) is 0 Å². The van der Waals surface area contributed by atoms with Crippen LogP contribution in [0.15, 0.2) is 36.4 Å². The molecule has 206 valence electrons. The zero-order valence-corrected chi connectivity index (χ0v) is 21.7. The molecule has 2 aromatic rings. The number of hydrogen-bond acceptors (Lipinski definition) is 6. The van der Waals surface area contributed by atoms with E-state index in [2.05, 4.69) is 16.4 Å². The molecule has 1 aromatic heterocycles. The van der Waals surface area contributed by atoms with Gasteiger partial charge in [0.25, 0.3) is 5.92 Å². The van der Waals surface area contributed by atoms with Crippen LogP contribution < -0.4 is 5.32 Å². The van der Waals surface area contributed by atoms with Gasteiger partial charge >= 0.3 is 5.97 Å². The first-order chi connectivity index (χ1) is 18.4. The zero-order chi connectivity index (χ0) is 26.5. The van der Waals surface area contributed by atoms with E-state index in [1.165, 1.54) is 10.5 Å². The number of likely N-dealkylation sites (tertiary alicyclic amines) is 1. The number of nitrogens with one attached hydrogen (secondary N) is 1. The number of aromatic nitrogens is 1. The van der Waals surface area contributed by atoms with E-state index in [0.29, 0.717) is 50.0 Å². The quantitative estimate of drug-likeness (QED) is 0.359. The Morgan fingerprint density at radius 1 is 1.21 bits per heavy atom. The second-order valence-electron chi connectivity index (χ2n) is 10.5. The van der Waals surface area contributed by atoms with E-state index < -0.39 is 24.0 Å². The molecule has 0 spiro atoms. The summed E-state index contributed by atoms with van der Waals surface area (Å²) in [5, 5.41) is 13.5. The van der Waals surface area contributed by atoms with Crippen LogP contribution in [0.1, 0.15) is 73.4 Å². The molecule has 2 unspecified atom stereocenters. The fourth-order valence-electron chi connectivity index (χ4n) is 5.81. The van der Waals surface area contributed by atoms with E-state index in [-0.39, 0.29) is 25.7 Å². The number of alkyl halides is 2. The highest BCUT2D eigenvalue weighted by Crippen LogP contribution is 2.41. The second-order valence-corrected chi connectivity index (χ2v) is 10.5. The van der Waals surface area contributed by atoms with Crippen molar-refractivity contribution in [2.24, 2.45) is 0 Å². The van der Waals surface area contributed by atoms with Gasteiger partial charge in [0.15, 0.2) is 6.29 Å². The largest absolute Gasteiger partial charge is 0.480 e. The Bertz CT molecular complexity index is 1110. The number of halogens is 2. The molecule has 9 heteroatoms. The molecule has 3 aliphatic heterocycles. The lowest BCUT2D eigenvalue weighted by Gasteiger charge is -2.36. The van der Waals surface area contributed by atoms with Crippen LogP contribution in [0.2, 0.25) is 0 Å². The van der Waals surface area contributed by atoms with E-state index in [1.54, 1.807) is 18.2 Å². The monoisotopic (exact) mass is 529 g/mol. The smallest absolute Gasteiger partial charge is 0.325 e. The molecule has 2 fully saturated rings. The number of carboxylic acids is 1. The maximum Gasteiger partial charge on any atom is 0.325 e. The molecule has 2 N–H and O–H groups in total.